The first-order chi connectivity index (χ1) is 16.3. The Bertz CT molecular complexity index is 1400. The van der Waals surface area contributed by atoms with Crippen LogP contribution in [-0.2, 0) is 20.0 Å². The molecule has 1 aromatic carbocycles. The lowest BCUT2D eigenvalue weighted by Crippen LogP contribution is -2.40. The average Bonchev–Trinajstić information content (AvgIpc) is 2.83. The lowest BCUT2D eigenvalue weighted by atomic mass is 9.85. The molecule has 3 aromatic rings. The molecule has 1 aliphatic carbocycles. The normalized spacial score (nSPS) is 13.9. The monoisotopic (exact) mass is 479 g/mol. The Morgan fingerprint density at radius 2 is 1.91 bits per heavy atom. The Labute approximate surface area is 203 Å². The summed E-state index contributed by atoms with van der Waals surface area (Å²) in [6.45, 7) is 4.43. The second-order valence-electron chi connectivity index (χ2n) is 9.06. The lowest BCUT2D eigenvalue weighted by molar-refractivity contribution is 0.277. The van der Waals surface area contributed by atoms with Gasteiger partial charge in [0.25, 0.3) is 5.56 Å². The highest BCUT2D eigenvalue weighted by molar-refractivity contribution is 6.30. The smallest absolute Gasteiger partial charge is 0.331 e. The van der Waals surface area contributed by atoms with Crippen LogP contribution in [0.1, 0.15) is 49.9 Å². The minimum absolute atomic E-state index is 0.0950. The third-order valence-electron chi connectivity index (χ3n) is 6.49. The van der Waals surface area contributed by atoms with Crippen LogP contribution in [0.5, 0.6) is 0 Å². The van der Waals surface area contributed by atoms with Crippen molar-refractivity contribution >= 4 is 28.1 Å². The van der Waals surface area contributed by atoms with Crippen molar-refractivity contribution in [2.45, 2.75) is 46.1 Å². The summed E-state index contributed by atoms with van der Waals surface area (Å²) in [4.78, 5) is 31.5. The summed E-state index contributed by atoms with van der Waals surface area (Å²) in [7, 11) is 1.66. The first-order valence-corrected chi connectivity index (χ1v) is 12.1. The molecule has 0 bridgehead atoms. The summed E-state index contributed by atoms with van der Waals surface area (Å²) in [6.07, 6.45) is 8.66. The number of hydrogen-bond acceptors (Lipinski definition) is 4. The zero-order chi connectivity index (χ0) is 24.4. The van der Waals surface area contributed by atoms with Gasteiger partial charge in [-0.2, -0.15) is 0 Å². The number of allylic oxidation sites excluding steroid dienone is 4. The van der Waals surface area contributed by atoms with Gasteiger partial charge in [-0.25, -0.2) is 4.79 Å². The molecular formula is C27H30ClN3O3. The van der Waals surface area contributed by atoms with Gasteiger partial charge in [-0.1, -0.05) is 55.3 Å². The molecule has 0 saturated carbocycles. The maximum absolute atomic E-state index is 13.7. The first kappa shape index (κ1) is 24.2. The quantitative estimate of drug-likeness (QED) is 0.542. The fourth-order valence-electron chi connectivity index (χ4n) is 4.69. The van der Waals surface area contributed by atoms with Gasteiger partial charge in [0.1, 0.15) is 0 Å². The molecule has 0 amide bonds. The highest BCUT2D eigenvalue weighted by Crippen LogP contribution is 2.35. The second kappa shape index (κ2) is 10.1. The Hall–Kier alpha value is -2.96. The molecule has 0 radical (unpaired) electrons. The number of halogens is 1. The predicted molar refractivity (Wildman–Crippen MR) is 137 cm³/mol. The summed E-state index contributed by atoms with van der Waals surface area (Å²) in [5.41, 5.74) is 4.73. The van der Waals surface area contributed by atoms with Gasteiger partial charge in [-0.3, -0.25) is 18.9 Å². The molecule has 4 rings (SSSR count). The molecule has 0 atom stereocenters. The van der Waals surface area contributed by atoms with Crippen molar-refractivity contribution in [2.24, 2.45) is 13.0 Å². The van der Waals surface area contributed by atoms with Crippen LogP contribution in [0.25, 0.3) is 16.5 Å². The van der Waals surface area contributed by atoms with Crippen LogP contribution in [0.2, 0.25) is 5.02 Å². The lowest BCUT2D eigenvalue weighted by Gasteiger charge is -2.22. The van der Waals surface area contributed by atoms with E-state index in [1.54, 1.807) is 13.2 Å². The summed E-state index contributed by atoms with van der Waals surface area (Å²) >= 11 is 6.11. The van der Waals surface area contributed by atoms with Gasteiger partial charge in [0.05, 0.1) is 22.8 Å². The number of fused-ring (bicyclic) bond motifs is 1. The molecule has 34 heavy (non-hydrogen) atoms. The minimum atomic E-state index is -0.405. The standard InChI is InChI=1S/C27H30ClN3O3/c1-17(2)20-7-4-5-8-21(20)25-22(15-18-9-11-19(28)12-10-18)24-23(16-29-25)30(3)27(34)31(26(24)33)13-6-14-32/h5,8-12,16-17,32H,4,6-7,13-15H2,1-3H3. The highest BCUT2D eigenvalue weighted by Gasteiger charge is 2.23. The molecule has 0 saturated heterocycles. The summed E-state index contributed by atoms with van der Waals surface area (Å²) in [5.74, 6) is 0.349. The second-order valence-corrected chi connectivity index (χ2v) is 9.50. The maximum atomic E-state index is 13.7. The van der Waals surface area contributed by atoms with Gasteiger partial charge in [-0.05, 0) is 54.0 Å². The number of rotatable bonds is 7. The topological polar surface area (TPSA) is 77.1 Å². The number of pyridine rings is 1. The number of aromatic nitrogens is 3. The molecule has 2 aromatic heterocycles. The van der Waals surface area contributed by atoms with E-state index in [1.807, 2.05) is 24.3 Å². The van der Waals surface area contributed by atoms with E-state index >= 15 is 0 Å². The third kappa shape index (κ3) is 4.52. The molecule has 7 heteroatoms. The minimum Gasteiger partial charge on any atom is -0.396 e. The molecule has 6 nitrogen and oxygen atoms in total. The molecule has 1 aliphatic rings. The van der Waals surface area contributed by atoms with Crippen molar-refractivity contribution in [3.8, 4) is 0 Å². The number of hydrogen-bond donors (Lipinski definition) is 1. The molecular weight excluding hydrogens is 450 g/mol. The zero-order valence-electron chi connectivity index (χ0n) is 19.8. The molecule has 0 aliphatic heterocycles. The van der Waals surface area contributed by atoms with Crippen LogP contribution in [-0.4, -0.2) is 25.8 Å². The van der Waals surface area contributed by atoms with E-state index in [1.165, 1.54) is 14.7 Å². The van der Waals surface area contributed by atoms with E-state index in [2.05, 4.69) is 26.0 Å². The number of aliphatic hydroxyl groups excluding tert-OH is 1. The van der Waals surface area contributed by atoms with Gasteiger partial charge < -0.3 is 5.11 Å². The van der Waals surface area contributed by atoms with Crippen molar-refractivity contribution in [2.75, 3.05) is 6.61 Å². The first-order valence-electron chi connectivity index (χ1n) is 11.7. The fourth-order valence-corrected chi connectivity index (χ4v) is 4.82. The third-order valence-corrected chi connectivity index (χ3v) is 6.75. The average molecular weight is 480 g/mol. The van der Waals surface area contributed by atoms with E-state index in [4.69, 9.17) is 16.6 Å². The SMILES string of the molecule is CC(C)C1=C(c2ncc3c(c2Cc2ccc(Cl)cc2)c(=O)n(CCCO)c(=O)n3C)C=CCC1. The Balaban J connectivity index is 2.08. The van der Waals surface area contributed by atoms with Crippen molar-refractivity contribution in [3.63, 3.8) is 0 Å². The van der Waals surface area contributed by atoms with Crippen LogP contribution in [0.3, 0.4) is 0 Å². The molecule has 0 spiro atoms. The summed E-state index contributed by atoms with van der Waals surface area (Å²) in [5, 5.41) is 10.4. The summed E-state index contributed by atoms with van der Waals surface area (Å²) in [6, 6.07) is 7.57. The zero-order valence-corrected chi connectivity index (χ0v) is 20.6. The van der Waals surface area contributed by atoms with Gasteiger partial charge in [0.15, 0.2) is 0 Å². The van der Waals surface area contributed by atoms with Crippen LogP contribution in [0, 0.1) is 5.92 Å². The van der Waals surface area contributed by atoms with Gasteiger partial charge in [0.2, 0.25) is 0 Å². The van der Waals surface area contributed by atoms with Gasteiger partial charge >= 0.3 is 5.69 Å². The molecule has 2 heterocycles. The number of aryl methyl sites for hydroxylation is 1. The Kier molecular flexibility index (Phi) is 7.19. The van der Waals surface area contributed by atoms with Gasteiger partial charge in [0, 0.05) is 31.6 Å². The highest BCUT2D eigenvalue weighted by atomic mass is 35.5. The van der Waals surface area contributed by atoms with Gasteiger partial charge in [-0.15, -0.1) is 0 Å². The Morgan fingerprint density at radius 3 is 2.59 bits per heavy atom. The fraction of sp³-hybridized carbons (Fsp3) is 0.370. The van der Waals surface area contributed by atoms with E-state index in [-0.39, 0.29) is 18.7 Å². The van der Waals surface area contributed by atoms with Crippen LogP contribution < -0.4 is 11.2 Å². The van der Waals surface area contributed by atoms with Crippen LogP contribution in [0.4, 0.5) is 0 Å². The molecule has 0 unspecified atom stereocenters. The maximum Gasteiger partial charge on any atom is 0.331 e. The van der Waals surface area contributed by atoms with Crippen LogP contribution >= 0.6 is 11.6 Å². The van der Waals surface area contributed by atoms with Crippen LogP contribution in [0.15, 0.2) is 57.8 Å². The van der Waals surface area contributed by atoms with E-state index in [9.17, 15) is 14.7 Å². The van der Waals surface area contributed by atoms with Crippen molar-refractivity contribution in [3.05, 3.63) is 90.9 Å². The number of aliphatic hydroxyl groups is 1. The van der Waals surface area contributed by atoms with Crippen molar-refractivity contribution in [1.82, 2.24) is 14.1 Å². The van der Waals surface area contributed by atoms with E-state index in [0.717, 1.165) is 35.2 Å². The van der Waals surface area contributed by atoms with E-state index in [0.29, 0.717) is 34.7 Å². The molecule has 0 fully saturated rings. The molecule has 1 N–H and O–H groups in total. The van der Waals surface area contributed by atoms with Crippen molar-refractivity contribution < 1.29 is 5.11 Å². The largest absolute Gasteiger partial charge is 0.396 e. The summed E-state index contributed by atoms with van der Waals surface area (Å²) < 4.78 is 2.70. The molecule has 178 valence electrons. The number of nitrogens with zero attached hydrogens (tertiary/aromatic N) is 3. The number of benzene rings is 1. The van der Waals surface area contributed by atoms with Crippen molar-refractivity contribution in [1.29, 1.82) is 0 Å². The Morgan fingerprint density at radius 1 is 1.18 bits per heavy atom. The van der Waals surface area contributed by atoms with E-state index < -0.39 is 5.69 Å². The predicted octanol–water partition coefficient (Wildman–Crippen LogP) is 4.48.